The third-order valence-electron chi connectivity index (χ3n) is 2.22. The number of rotatable bonds is 6. The van der Waals surface area contributed by atoms with Gasteiger partial charge in [-0.2, -0.15) is 0 Å². The van der Waals surface area contributed by atoms with Crippen LogP contribution in [0, 0.1) is 0 Å². The van der Waals surface area contributed by atoms with E-state index in [1.54, 1.807) is 24.3 Å². The van der Waals surface area contributed by atoms with E-state index in [4.69, 9.17) is 5.73 Å². The topological polar surface area (TPSA) is 98.5 Å². The first-order valence-corrected chi connectivity index (χ1v) is 6.97. The minimum atomic E-state index is -3.45. The Morgan fingerprint density at radius 2 is 1.94 bits per heavy atom. The molecular formula is C11H16N2O4S. The smallest absolute Gasteiger partial charge is 0.306 e. The van der Waals surface area contributed by atoms with Crippen LogP contribution in [0.4, 0.5) is 5.69 Å². The van der Waals surface area contributed by atoms with E-state index in [2.05, 4.69) is 9.46 Å². The fraction of sp³-hybridized carbons (Fsp3) is 0.364. The van der Waals surface area contributed by atoms with Gasteiger partial charge in [-0.25, -0.2) is 13.1 Å². The van der Waals surface area contributed by atoms with Crippen LogP contribution in [-0.4, -0.2) is 28.0 Å². The van der Waals surface area contributed by atoms with Gasteiger partial charge >= 0.3 is 5.97 Å². The van der Waals surface area contributed by atoms with Gasteiger partial charge in [0.1, 0.15) is 0 Å². The van der Waals surface area contributed by atoms with Gasteiger partial charge in [0.2, 0.25) is 10.0 Å². The standard InChI is InChI=1S/C11H16N2O4S/c1-17-11(14)6-7-13-18(15,16)8-9-2-4-10(12)5-3-9/h2-5,13H,6-8,12H2,1H3. The van der Waals surface area contributed by atoms with Crippen molar-refractivity contribution >= 4 is 21.7 Å². The average Bonchev–Trinajstić information content (AvgIpc) is 2.31. The first-order chi connectivity index (χ1) is 8.43. The van der Waals surface area contributed by atoms with Gasteiger partial charge in [0.15, 0.2) is 0 Å². The minimum Gasteiger partial charge on any atom is -0.469 e. The third-order valence-corrected chi connectivity index (χ3v) is 3.57. The number of esters is 1. The lowest BCUT2D eigenvalue weighted by molar-refractivity contribution is -0.140. The van der Waals surface area contributed by atoms with Crippen LogP contribution in [0.2, 0.25) is 0 Å². The van der Waals surface area contributed by atoms with Gasteiger partial charge in [0, 0.05) is 12.2 Å². The third kappa shape index (κ3) is 5.15. The molecule has 100 valence electrons. The fourth-order valence-electron chi connectivity index (χ4n) is 1.29. The summed E-state index contributed by atoms with van der Waals surface area (Å²) >= 11 is 0. The second-order valence-corrected chi connectivity index (χ2v) is 5.53. The molecule has 7 heteroatoms. The van der Waals surface area contributed by atoms with Crippen LogP contribution in [0.25, 0.3) is 0 Å². The summed E-state index contributed by atoms with van der Waals surface area (Å²) in [7, 11) is -2.19. The molecule has 1 aromatic carbocycles. The van der Waals surface area contributed by atoms with Crippen molar-refractivity contribution in [2.75, 3.05) is 19.4 Å². The summed E-state index contributed by atoms with van der Waals surface area (Å²) in [5.41, 5.74) is 6.72. The average molecular weight is 272 g/mol. The molecule has 0 spiro atoms. The largest absolute Gasteiger partial charge is 0.469 e. The van der Waals surface area contributed by atoms with Gasteiger partial charge in [-0.3, -0.25) is 4.79 Å². The predicted octanol–water partition coefficient (Wildman–Crippen LogP) is 0.251. The number of anilines is 1. The summed E-state index contributed by atoms with van der Waals surface area (Å²) in [6, 6.07) is 6.57. The lowest BCUT2D eigenvalue weighted by Gasteiger charge is -2.06. The van der Waals surface area contributed by atoms with Crippen LogP contribution in [0.5, 0.6) is 0 Å². The van der Waals surface area contributed by atoms with Gasteiger partial charge < -0.3 is 10.5 Å². The maximum atomic E-state index is 11.7. The molecule has 0 bridgehead atoms. The lowest BCUT2D eigenvalue weighted by Crippen LogP contribution is -2.27. The van der Waals surface area contributed by atoms with Crippen molar-refractivity contribution in [1.82, 2.24) is 4.72 Å². The van der Waals surface area contributed by atoms with Crippen LogP contribution < -0.4 is 10.5 Å². The van der Waals surface area contributed by atoms with E-state index in [1.807, 2.05) is 0 Å². The molecule has 0 aliphatic carbocycles. The van der Waals surface area contributed by atoms with E-state index < -0.39 is 16.0 Å². The minimum absolute atomic E-state index is 0.0114. The molecule has 18 heavy (non-hydrogen) atoms. The number of carbonyl (C=O) groups excluding carboxylic acids is 1. The van der Waals surface area contributed by atoms with E-state index in [-0.39, 0.29) is 18.7 Å². The van der Waals surface area contributed by atoms with Crippen molar-refractivity contribution in [1.29, 1.82) is 0 Å². The summed E-state index contributed by atoms with van der Waals surface area (Å²) in [4.78, 5) is 10.8. The SMILES string of the molecule is COC(=O)CCNS(=O)(=O)Cc1ccc(N)cc1. The summed E-state index contributed by atoms with van der Waals surface area (Å²) in [6.07, 6.45) is 0.0114. The second-order valence-electron chi connectivity index (χ2n) is 3.72. The number of ether oxygens (including phenoxy) is 1. The van der Waals surface area contributed by atoms with Crippen LogP contribution >= 0.6 is 0 Å². The molecule has 0 heterocycles. The number of hydrogen-bond donors (Lipinski definition) is 2. The summed E-state index contributed by atoms with van der Waals surface area (Å²) in [6.45, 7) is 0.0317. The van der Waals surface area contributed by atoms with E-state index in [1.165, 1.54) is 7.11 Å². The number of sulfonamides is 1. The molecule has 6 nitrogen and oxygen atoms in total. The van der Waals surface area contributed by atoms with Gasteiger partial charge in [0.05, 0.1) is 19.3 Å². The highest BCUT2D eigenvalue weighted by atomic mass is 32.2. The molecule has 0 amide bonds. The number of methoxy groups -OCH3 is 1. The molecule has 0 saturated heterocycles. The molecule has 1 aromatic rings. The van der Waals surface area contributed by atoms with Crippen molar-refractivity contribution in [3.8, 4) is 0 Å². The van der Waals surface area contributed by atoms with E-state index in [0.29, 0.717) is 11.3 Å². The van der Waals surface area contributed by atoms with E-state index >= 15 is 0 Å². The van der Waals surface area contributed by atoms with Crippen LogP contribution in [0.15, 0.2) is 24.3 Å². The Kier molecular flexibility index (Phi) is 5.11. The highest BCUT2D eigenvalue weighted by Crippen LogP contribution is 2.08. The molecule has 0 aliphatic heterocycles. The summed E-state index contributed by atoms with van der Waals surface area (Å²) in [5.74, 6) is -0.598. The Balaban J connectivity index is 2.49. The zero-order valence-corrected chi connectivity index (χ0v) is 10.9. The van der Waals surface area contributed by atoms with Crippen molar-refractivity contribution in [3.63, 3.8) is 0 Å². The lowest BCUT2D eigenvalue weighted by atomic mass is 10.2. The van der Waals surface area contributed by atoms with Crippen molar-refractivity contribution in [2.24, 2.45) is 0 Å². The first-order valence-electron chi connectivity index (χ1n) is 5.31. The molecule has 0 aliphatic rings. The fourth-order valence-corrected chi connectivity index (χ4v) is 2.44. The first kappa shape index (κ1) is 14.5. The van der Waals surface area contributed by atoms with Gasteiger partial charge in [-0.15, -0.1) is 0 Å². The molecule has 0 radical (unpaired) electrons. The molecule has 1 rings (SSSR count). The van der Waals surface area contributed by atoms with Crippen LogP contribution in [0.3, 0.4) is 0 Å². The Labute approximate surface area is 106 Å². The van der Waals surface area contributed by atoms with Crippen LogP contribution in [0.1, 0.15) is 12.0 Å². The van der Waals surface area contributed by atoms with Crippen molar-refractivity contribution < 1.29 is 17.9 Å². The monoisotopic (exact) mass is 272 g/mol. The quantitative estimate of drug-likeness (QED) is 0.571. The number of nitrogens with one attached hydrogen (secondary N) is 1. The van der Waals surface area contributed by atoms with Gasteiger partial charge in [0.25, 0.3) is 0 Å². The number of nitrogens with two attached hydrogens (primary N) is 1. The van der Waals surface area contributed by atoms with E-state index in [9.17, 15) is 13.2 Å². The zero-order chi connectivity index (χ0) is 13.6. The molecule has 0 atom stereocenters. The zero-order valence-electron chi connectivity index (χ0n) is 10.0. The molecule has 0 saturated carbocycles. The highest BCUT2D eigenvalue weighted by Gasteiger charge is 2.11. The van der Waals surface area contributed by atoms with Gasteiger partial charge in [-0.05, 0) is 17.7 Å². The summed E-state index contributed by atoms with van der Waals surface area (Å²) in [5, 5.41) is 0. The number of benzene rings is 1. The summed E-state index contributed by atoms with van der Waals surface area (Å²) < 4.78 is 30.1. The molecule has 3 N–H and O–H groups in total. The molecule has 0 fully saturated rings. The maximum absolute atomic E-state index is 11.7. The normalized spacial score (nSPS) is 11.2. The van der Waals surface area contributed by atoms with Crippen molar-refractivity contribution in [2.45, 2.75) is 12.2 Å². The Morgan fingerprint density at radius 3 is 2.50 bits per heavy atom. The predicted molar refractivity (Wildman–Crippen MR) is 68.1 cm³/mol. The van der Waals surface area contributed by atoms with Gasteiger partial charge in [-0.1, -0.05) is 12.1 Å². The molecule has 0 aromatic heterocycles. The number of nitrogen functional groups attached to an aromatic ring is 1. The number of hydrogen-bond acceptors (Lipinski definition) is 5. The van der Waals surface area contributed by atoms with Crippen LogP contribution in [-0.2, 0) is 25.3 Å². The second kappa shape index (κ2) is 6.36. The van der Waals surface area contributed by atoms with E-state index in [0.717, 1.165) is 0 Å². The Morgan fingerprint density at radius 1 is 1.33 bits per heavy atom. The Hall–Kier alpha value is -1.60. The molecular weight excluding hydrogens is 256 g/mol. The van der Waals surface area contributed by atoms with Crippen molar-refractivity contribution in [3.05, 3.63) is 29.8 Å². The highest BCUT2D eigenvalue weighted by molar-refractivity contribution is 7.88. The Bertz CT molecular complexity index is 496. The molecule has 0 unspecified atom stereocenters. The number of carbonyl (C=O) groups is 1. The maximum Gasteiger partial charge on any atom is 0.306 e.